The molecular weight excluding hydrogens is 176 g/mol. The fraction of sp³-hybridized carbons (Fsp3) is 0.750. The van der Waals surface area contributed by atoms with Crippen LogP contribution >= 0.6 is 24.0 Å². The standard InChI is InChI=1S/C4H8OS.C4H8S/c1-6-4-2-3-5;1-2-3-4-5/h3H,2,4H2,1H3;4H,2-3H2,1H3. The Morgan fingerprint density at radius 2 is 2.09 bits per heavy atom. The molecule has 0 heterocycles. The molecule has 0 aromatic carbocycles. The van der Waals surface area contributed by atoms with Gasteiger partial charge in [0.1, 0.15) is 6.29 Å². The average molecular weight is 192 g/mol. The second-order valence-corrected chi connectivity index (χ2v) is 3.22. The van der Waals surface area contributed by atoms with Gasteiger partial charge in [-0.25, -0.2) is 0 Å². The molecule has 3 heteroatoms. The SMILES string of the molecule is CCCC=S.CSCCC=O. The van der Waals surface area contributed by atoms with Crippen molar-refractivity contribution in [1.29, 1.82) is 0 Å². The van der Waals surface area contributed by atoms with Gasteiger partial charge in [-0.3, -0.25) is 0 Å². The quantitative estimate of drug-likeness (QED) is 0.379. The van der Waals surface area contributed by atoms with Crippen molar-refractivity contribution >= 4 is 35.6 Å². The fourth-order valence-corrected chi connectivity index (χ4v) is 0.851. The Morgan fingerprint density at radius 1 is 1.45 bits per heavy atom. The van der Waals surface area contributed by atoms with E-state index in [0.717, 1.165) is 18.5 Å². The first-order chi connectivity index (χ1) is 5.33. The van der Waals surface area contributed by atoms with Crippen LogP contribution < -0.4 is 0 Å². The second kappa shape index (κ2) is 16.6. The summed E-state index contributed by atoms with van der Waals surface area (Å²) in [4.78, 5) is 9.55. The predicted molar refractivity (Wildman–Crippen MR) is 57.6 cm³/mol. The van der Waals surface area contributed by atoms with E-state index >= 15 is 0 Å². The first-order valence-electron chi connectivity index (χ1n) is 3.69. The molecule has 0 rings (SSSR count). The zero-order valence-electron chi connectivity index (χ0n) is 7.21. The molecule has 0 aromatic rings. The van der Waals surface area contributed by atoms with Gasteiger partial charge in [-0.2, -0.15) is 11.8 Å². The average Bonchev–Trinajstić information content (AvgIpc) is 2.04. The van der Waals surface area contributed by atoms with Crippen LogP contribution in [0.4, 0.5) is 0 Å². The van der Waals surface area contributed by atoms with E-state index in [9.17, 15) is 4.79 Å². The molecule has 1 nitrogen and oxygen atoms in total. The molecule has 0 N–H and O–H groups in total. The van der Waals surface area contributed by atoms with Crippen molar-refractivity contribution in [3.63, 3.8) is 0 Å². The number of carbonyl (C=O) groups excluding carboxylic acids is 1. The molecule has 0 saturated carbocycles. The van der Waals surface area contributed by atoms with E-state index < -0.39 is 0 Å². The molecule has 11 heavy (non-hydrogen) atoms. The summed E-state index contributed by atoms with van der Waals surface area (Å²) in [6.45, 7) is 2.11. The van der Waals surface area contributed by atoms with E-state index in [2.05, 4.69) is 19.1 Å². The Labute approximate surface area is 78.9 Å². The molecule has 0 aliphatic carbocycles. The van der Waals surface area contributed by atoms with Gasteiger partial charge in [0.15, 0.2) is 0 Å². The Hall–Kier alpha value is 0.110. The minimum absolute atomic E-state index is 0.696. The molecule has 0 aliphatic rings. The zero-order chi connectivity index (χ0) is 8.95. The molecule has 0 amide bonds. The lowest BCUT2D eigenvalue weighted by atomic mass is 10.4. The number of hydrogen-bond acceptors (Lipinski definition) is 3. The number of thiocarbonyl (C=S) groups is 1. The van der Waals surface area contributed by atoms with Gasteiger partial charge in [0.05, 0.1) is 0 Å². The largest absolute Gasteiger partial charge is 0.303 e. The molecule has 0 atom stereocenters. The second-order valence-electron chi connectivity index (χ2n) is 1.90. The first-order valence-corrected chi connectivity index (χ1v) is 5.56. The smallest absolute Gasteiger partial charge is 0.120 e. The highest BCUT2D eigenvalue weighted by atomic mass is 32.2. The van der Waals surface area contributed by atoms with Crippen molar-refractivity contribution in [2.45, 2.75) is 26.2 Å². The highest BCUT2D eigenvalue weighted by molar-refractivity contribution is 7.98. The van der Waals surface area contributed by atoms with Gasteiger partial charge in [-0.15, -0.1) is 0 Å². The lowest BCUT2D eigenvalue weighted by Gasteiger charge is -1.79. The van der Waals surface area contributed by atoms with Gasteiger partial charge in [-0.1, -0.05) is 25.6 Å². The van der Waals surface area contributed by atoms with Crippen molar-refractivity contribution in [2.75, 3.05) is 12.0 Å². The summed E-state index contributed by atoms with van der Waals surface area (Å²) in [5.41, 5.74) is 0. The van der Waals surface area contributed by atoms with E-state index in [1.54, 1.807) is 17.1 Å². The summed E-state index contributed by atoms with van der Waals surface area (Å²) in [6, 6.07) is 0. The number of carbonyl (C=O) groups is 1. The van der Waals surface area contributed by atoms with Crippen LogP contribution in [-0.4, -0.2) is 23.7 Å². The number of unbranched alkanes of at least 4 members (excludes halogenated alkanes) is 1. The fourth-order valence-electron chi connectivity index (χ4n) is 0.284. The number of rotatable bonds is 5. The first kappa shape index (κ1) is 13.7. The van der Waals surface area contributed by atoms with Crippen molar-refractivity contribution in [2.24, 2.45) is 0 Å². The molecule has 0 saturated heterocycles. The number of aldehydes is 1. The third kappa shape index (κ3) is 25.5. The van der Waals surface area contributed by atoms with Gasteiger partial charge in [0, 0.05) is 6.42 Å². The van der Waals surface area contributed by atoms with E-state index in [-0.39, 0.29) is 0 Å². The van der Waals surface area contributed by atoms with Gasteiger partial charge < -0.3 is 4.79 Å². The lowest BCUT2D eigenvalue weighted by molar-refractivity contribution is -0.107. The maximum absolute atomic E-state index is 9.55. The van der Waals surface area contributed by atoms with Crippen molar-refractivity contribution in [1.82, 2.24) is 0 Å². The van der Waals surface area contributed by atoms with Gasteiger partial charge in [-0.05, 0) is 23.8 Å². The van der Waals surface area contributed by atoms with Crippen LogP contribution in [0.3, 0.4) is 0 Å². The van der Waals surface area contributed by atoms with Crippen LogP contribution in [-0.2, 0) is 4.79 Å². The van der Waals surface area contributed by atoms with E-state index in [1.807, 2.05) is 6.26 Å². The van der Waals surface area contributed by atoms with Crippen LogP contribution in [0.15, 0.2) is 0 Å². The molecule has 0 aromatic heterocycles. The monoisotopic (exact) mass is 192 g/mol. The molecule has 0 bridgehead atoms. The summed E-state index contributed by atoms with van der Waals surface area (Å²) in [5, 5.41) is 1.76. The highest BCUT2D eigenvalue weighted by Gasteiger charge is 1.74. The maximum atomic E-state index is 9.55. The summed E-state index contributed by atoms with van der Waals surface area (Å²) in [5.74, 6) is 0.962. The Bertz CT molecular complexity index is 84.2. The number of hydrogen-bond donors (Lipinski definition) is 0. The maximum Gasteiger partial charge on any atom is 0.120 e. The van der Waals surface area contributed by atoms with Crippen LogP contribution in [0, 0.1) is 0 Å². The summed E-state index contributed by atoms with van der Waals surface area (Å²) < 4.78 is 0. The van der Waals surface area contributed by atoms with Gasteiger partial charge >= 0.3 is 0 Å². The molecule has 66 valence electrons. The Morgan fingerprint density at radius 3 is 2.18 bits per heavy atom. The molecule has 0 aliphatic heterocycles. The van der Waals surface area contributed by atoms with Crippen molar-refractivity contribution < 1.29 is 4.79 Å². The Balaban J connectivity index is 0. The topological polar surface area (TPSA) is 17.1 Å². The molecular formula is C8H16OS2. The predicted octanol–water partition coefficient (Wildman–Crippen LogP) is 2.72. The van der Waals surface area contributed by atoms with E-state index in [1.165, 1.54) is 6.42 Å². The van der Waals surface area contributed by atoms with Crippen LogP contribution in [0.5, 0.6) is 0 Å². The van der Waals surface area contributed by atoms with Gasteiger partial charge in [0.25, 0.3) is 0 Å². The summed E-state index contributed by atoms with van der Waals surface area (Å²) >= 11 is 6.22. The lowest BCUT2D eigenvalue weighted by Crippen LogP contribution is -1.75. The Kier molecular flexibility index (Phi) is 20.6. The minimum Gasteiger partial charge on any atom is -0.303 e. The van der Waals surface area contributed by atoms with Crippen molar-refractivity contribution in [3.8, 4) is 0 Å². The molecule has 0 unspecified atom stereocenters. The van der Waals surface area contributed by atoms with Crippen LogP contribution in [0.25, 0.3) is 0 Å². The van der Waals surface area contributed by atoms with Crippen LogP contribution in [0.1, 0.15) is 26.2 Å². The van der Waals surface area contributed by atoms with Crippen LogP contribution in [0.2, 0.25) is 0 Å². The molecule has 0 radical (unpaired) electrons. The van der Waals surface area contributed by atoms with E-state index in [0.29, 0.717) is 6.42 Å². The third-order valence-electron chi connectivity index (χ3n) is 0.846. The van der Waals surface area contributed by atoms with Crippen molar-refractivity contribution in [3.05, 3.63) is 0 Å². The van der Waals surface area contributed by atoms with E-state index in [4.69, 9.17) is 0 Å². The third-order valence-corrected chi connectivity index (χ3v) is 1.73. The minimum atomic E-state index is 0.696. The summed E-state index contributed by atoms with van der Waals surface area (Å²) in [7, 11) is 0. The molecule has 0 fully saturated rings. The normalized spacial score (nSPS) is 7.82. The zero-order valence-corrected chi connectivity index (χ0v) is 8.84. The van der Waals surface area contributed by atoms with Gasteiger partial charge in [0.2, 0.25) is 0 Å². The molecule has 0 spiro atoms. The highest BCUT2D eigenvalue weighted by Crippen LogP contribution is 1.90. The summed E-state index contributed by atoms with van der Waals surface area (Å²) in [6.07, 6.45) is 5.89. The number of thioether (sulfide) groups is 1.